The molecule has 1 aromatic rings. The molecule has 0 radical (unpaired) electrons. The lowest BCUT2D eigenvalue weighted by atomic mass is 10.0. The lowest BCUT2D eigenvalue weighted by Crippen LogP contribution is -2.49. The highest BCUT2D eigenvalue weighted by Gasteiger charge is 2.29. The Balaban J connectivity index is 2.23. The molecule has 1 amide bonds. The fourth-order valence-electron chi connectivity index (χ4n) is 2.41. The molecule has 18 heavy (non-hydrogen) atoms. The predicted octanol–water partition coefficient (Wildman–Crippen LogP) is 2.28. The van der Waals surface area contributed by atoms with Crippen LogP contribution in [0, 0.1) is 6.92 Å². The smallest absolute Gasteiger partial charge is 0.254 e. The standard InChI is InChI=1S/C14H18N2OS/c1-10-5-4-6-11(9-10)14(17)16-8-3-2-7-12(16)13(15)18/h4-6,9,12H,2-3,7-8H2,1H3,(H2,15,18). The molecule has 0 saturated carbocycles. The monoisotopic (exact) mass is 262 g/mol. The van der Waals surface area contributed by atoms with Crippen molar-refractivity contribution in [2.45, 2.75) is 32.2 Å². The Bertz CT molecular complexity index is 473. The minimum Gasteiger partial charge on any atom is -0.392 e. The Morgan fingerprint density at radius 3 is 2.89 bits per heavy atom. The molecule has 2 N–H and O–H groups in total. The Hall–Kier alpha value is -1.42. The number of thiocarbonyl (C=S) groups is 1. The number of nitrogens with zero attached hydrogens (tertiary/aromatic N) is 1. The Labute approximate surface area is 113 Å². The zero-order chi connectivity index (χ0) is 13.1. The van der Waals surface area contributed by atoms with E-state index in [4.69, 9.17) is 18.0 Å². The average molecular weight is 262 g/mol. The highest BCUT2D eigenvalue weighted by molar-refractivity contribution is 7.80. The zero-order valence-corrected chi connectivity index (χ0v) is 11.4. The lowest BCUT2D eigenvalue weighted by Gasteiger charge is -2.35. The van der Waals surface area contributed by atoms with Gasteiger partial charge in [-0.1, -0.05) is 29.9 Å². The first-order valence-electron chi connectivity index (χ1n) is 6.26. The van der Waals surface area contributed by atoms with Crippen molar-refractivity contribution in [3.05, 3.63) is 35.4 Å². The predicted molar refractivity (Wildman–Crippen MR) is 76.6 cm³/mol. The number of likely N-dealkylation sites (tertiary alicyclic amines) is 1. The molecule has 3 nitrogen and oxygen atoms in total. The topological polar surface area (TPSA) is 46.3 Å². The van der Waals surface area contributed by atoms with E-state index in [1.54, 1.807) is 0 Å². The van der Waals surface area contributed by atoms with E-state index in [2.05, 4.69) is 0 Å². The van der Waals surface area contributed by atoms with E-state index in [1.807, 2.05) is 36.1 Å². The van der Waals surface area contributed by atoms with Gasteiger partial charge in [-0.15, -0.1) is 0 Å². The van der Waals surface area contributed by atoms with Crippen LogP contribution in [0.1, 0.15) is 35.2 Å². The van der Waals surface area contributed by atoms with Crippen LogP contribution >= 0.6 is 12.2 Å². The maximum Gasteiger partial charge on any atom is 0.254 e. The van der Waals surface area contributed by atoms with Crippen LogP contribution in [-0.2, 0) is 0 Å². The Morgan fingerprint density at radius 2 is 2.22 bits per heavy atom. The van der Waals surface area contributed by atoms with Crippen molar-refractivity contribution in [1.82, 2.24) is 4.90 Å². The fourth-order valence-corrected chi connectivity index (χ4v) is 2.66. The highest BCUT2D eigenvalue weighted by Crippen LogP contribution is 2.20. The molecule has 1 fully saturated rings. The number of nitrogens with two attached hydrogens (primary N) is 1. The molecule has 1 aliphatic heterocycles. The first kappa shape index (κ1) is 13.0. The molecule has 0 aliphatic carbocycles. The number of carbonyl (C=O) groups is 1. The molecule has 96 valence electrons. The van der Waals surface area contributed by atoms with E-state index in [-0.39, 0.29) is 11.9 Å². The van der Waals surface area contributed by atoms with Crippen LogP contribution in [0.25, 0.3) is 0 Å². The van der Waals surface area contributed by atoms with Gasteiger partial charge < -0.3 is 10.6 Å². The molecule has 1 aliphatic rings. The first-order chi connectivity index (χ1) is 8.59. The van der Waals surface area contributed by atoms with Crippen molar-refractivity contribution < 1.29 is 4.79 Å². The van der Waals surface area contributed by atoms with Gasteiger partial charge in [0.1, 0.15) is 0 Å². The summed E-state index contributed by atoms with van der Waals surface area (Å²) in [5.74, 6) is 0.0381. The molecule has 4 heteroatoms. The molecule has 0 bridgehead atoms. The van der Waals surface area contributed by atoms with Gasteiger partial charge >= 0.3 is 0 Å². The average Bonchev–Trinajstić information content (AvgIpc) is 2.38. The molecular formula is C14H18N2OS. The van der Waals surface area contributed by atoms with Crippen LogP contribution in [0.3, 0.4) is 0 Å². The van der Waals surface area contributed by atoms with Gasteiger partial charge in [-0.3, -0.25) is 4.79 Å². The molecule has 1 aromatic carbocycles. The third-order valence-corrected chi connectivity index (χ3v) is 3.63. The quantitative estimate of drug-likeness (QED) is 0.832. The molecular weight excluding hydrogens is 244 g/mol. The van der Waals surface area contributed by atoms with Crippen molar-refractivity contribution in [3.8, 4) is 0 Å². The van der Waals surface area contributed by atoms with Gasteiger partial charge in [0.15, 0.2) is 0 Å². The molecule has 0 aromatic heterocycles. The van der Waals surface area contributed by atoms with Gasteiger partial charge in [0, 0.05) is 12.1 Å². The van der Waals surface area contributed by atoms with Crippen LogP contribution in [-0.4, -0.2) is 28.4 Å². The molecule has 1 heterocycles. The van der Waals surface area contributed by atoms with Gasteiger partial charge in [0.05, 0.1) is 11.0 Å². The van der Waals surface area contributed by atoms with E-state index in [0.717, 1.165) is 36.9 Å². The van der Waals surface area contributed by atoms with Crippen molar-refractivity contribution in [2.75, 3.05) is 6.54 Å². The number of aryl methyl sites for hydroxylation is 1. The second-order valence-electron chi connectivity index (χ2n) is 4.78. The summed E-state index contributed by atoms with van der Waals surface area (Å²) >= 11 is 5.07. The van der Waals surface area contributed by atoms with E-state index in [0.29, 0.717) is 4.99 Å². The molecule has 1 saturated heterocycles. The number of amides is 1. The van der Waals surface area contributed by atoms with E-state index in [9.17, 15) is 4.79 Å². The summed E-state index contributed by atoms with van der Waals surface area (Å²) in [6.45, 7) is 2.73. The van der Waals surface area contributed by atoms with Gasteiger partial charge in [-0.25, -0.2) is 0 Å². The number of piperidine rings is 1. The van der Waals surface area contributed by atoms with E-state index < -0.39 is 0 Å². The number of carbonyl (C=O) groups excluding carboxylic acids is 1. The SMILES string of the molecule is Cc1cccc(C(=O)N2CCCCC2C(N)=S)c1. The van der Waals surface area contributed by atoms with Crippen LogP contribution in [0.4, 0.5) is 0 Å². The maximum atomic E-state index is 12.5. The summed E-state index contributed by atoms with van der Waals surface area (Å²) in [4.78, 5) is 14.7. The second-order valence-corrected chi connectivity index (χ2v) is 5.25. The van der Waals surface area contributed by atoms with Crippen molar-refractivity contribution in [1.29, 1.82) is 0 Å². The summed E-state index contributed by atoms with van der Waals surface area (Å²) in [5.41, 5.74) is 7.55. The fraction of sp³-hybridized carbons (Fsp3) is 0.429. The van der Waals surface area contributed by atoms with Gasteiger partial charge in [-0.2, -0.15) is 0 Å². The Kier molecular flexibility index (Phi) is 3.97. The molecule has 2 rings (SSSR count). The number of hydrogen-bond acceptors (Lipinski definition) is 2. The largest absolute Gasteiger partial charge is 0.392 e. The van der Waals surface area contributed by atoms with E-state index in [1.165, 1.54) is 0 Å². The van der Waals surface area contributed by atoms with Gasteiger partial charge in [0.25, 0.3) is 5.91 Å². The van der Waals surface area contributed by atoms with Crippen molar-refractivity contribution in [2.24, 2.45) is 5.73 Å². The third kappa shape index (κ3) is 2.70. The molecule has 1 unspecified atom stereocenters. The Morgan fingerprint density at radius 1 is 1.44 bits per heavy atom. The number of benzene rings is 1. The third-order valence-electron chi connectivity index (χ3n) is 3.36. The van der Waals surface area contributed by atoms with Gasteiger partial charge in [-0.05, 0) is 38.3 Å². The normalized spacial score (nSPS) is 19.6. The minimum absolute atomic E-state index is 0.0381. The van der Waals surface area contributed by atoms with Crippen LogP contribution < -0.4 is 5.73 Å². The maximum absolute atomic E-state index is 12.5. The summed E-state index contributed by atoms with van der Waals surface area (Å²) in [7, 11) is 0. The second kappa shape index (κ2) is 5.48. The lowest BCUT2D eigenvalue weighted by molar-refractivity contribution is 0.0681. The number of hydrogen-bond donors (Lipinski definition) is 1. The summed E-state index contributed by atoms with van der Waals surface area (Å²) in [6.07, 6.45) is 2.99. The van der Waals surface area contributed by atoms with Crippen molar-refractivity contribution >= 4 is 23.1 Å². The van der Waals surface area contributed by atoms with Crippen LogP contribution in [0.5, 0.6) is 0 Å². The molecule has 0 spiro atoms. The first-order valence-corrected chi connectivity index (χ1v) is 6.67. The highest BCUT2D eigenvalue weighted by atomic mass is 32.1. The van der Waals surface area contributed by atoms with Crippen molar-refractivity contribution in [3.63, 3.8) is 0 Å². The van der Waals surface area contributed by atoms with Gasteiger partial charge in [0.2, 0.25) is 0 Å². The zero-order valence-electron chi connectivity index (χ0n) is 10.6. The number of rotatable bonds is 2. The summed E-state index contributed by atoms with van der Waals surface area (Å²) in [5, 5.41) is 0. The molecule has 1 atom stereocenters. The summed E-state index contributed by atoms with van der Waals surface area (Å²) in [6, 6.07) is 7.57. The van der Waals surface area contributed by atoms with E-state index >= 15 is 0 Å². The minimum atomic E-state index is -0.0817. The van der Waals surface area contributed by atoms with Crippen LogP contribution in [0.2, 0.25) is 0 Å². The summed E-state index contributed by atoms with van der Waals surface area (Å²) < 4.78 is 0. The van der Waals surface area contributed by atoms with Crippen LogP contribution in [0.15, 0.2) is 24.3 Å².